The van der Waals surface area contributed by atoms with E-state index in [0.29, 0.717) is 11.7 Å². The second-order valence-electron chi connectivity index (χ2n) is 6.83. The second kappa shape index (κ2) is 10.5. The molecule has 0 spiro atoms. The van der Waals surface area contributed by atoms with Crippen molar-refractivity contribution in [1.82, 2.24) is 14.8 Å². The molecule has 2 N–H and O–H groups in total. The van der Waals surface area contributed by atoms with Crippen LogP contribution in [0.25, 0.3) is 5.69 Å². The predicted molar refractivity (Wildman–Crippen MR) is 127 cm³/mol. The van der Waals surface area contributed by atoms with Gasteiger partial charge in [-0.3, -0.25) is 9.36 Å². The van der Waals surface area contributed by atoms with Crippen LogP contribution >= 0.6 is 11.8 Å². The van der Waals surface area contributed by atoms with E-state index in [1.165, 1.54) is 11.8 Å². The molecule has 0 radical (unpaired) electrons. The first-order valence-corrected chi connectivity index (χ1v) is 11.1. The van der Waals surface area contributed by atoms with E-state index in [0.717, 1.165) is 28.6 Å². The summed E-state index contributed by atoms with van der Waals surface area (Å²) in [6, 6.07) is 27.0. The first kappa shape index (κ1) is 21.5. The number of para-hydroxylation sites is 4. The van der Waals surface area contributed by atoms with Gasteiger partial charge in [-0.25, -0.2) is 0 Å². The van der Waals surface area contributed by atoms with Crippen LogP contribution < -0.4 is 15.4 Å². The Morgan fingerprint density at radius 1 is 0.938 bits per heavy atom. The van der Waals surface area contributed by atoms with E-state index in [4.69, 9.17) is 4.74 Å². The van der Waals surface area contributed by atoms with Crippen molar-refractivity contribution < 1.29 is 9.53 Å². The van der Waals surface area contributed by atoms with Crippen LogP contribution in [0.15, 0.2) is 90.1 Å². The Morgan fingerprint density at radius 3 is 2.38 bits per heavy atom. The molecule has 1 aromatic heterocycles. The summed E-state index contributed by atoms with van der Waals surface area (Å²) in [5.74, 6) is 1.61. The fraction of sp³-hybridized carbons (Fsp3) is 0.125. The minimum atomic E-state index is -0.0995. The van der Waals surface area contributed by atoms with Crippen molar-refractivity contribution in [3.63, 3.8) is 0 Å². The van der Waals surface area contributed by atoms with E-state index in [1.807, 2.05) is 89.5 Å². The minimum absolute atomic E-state index is 0.0995. The van der Waals surface area contributed by atoms with Crippen molar-refractivity contribution in [3.8, 4) is 11.4 Å². The maximum absolute atomic E-state index is 12.4. The number of methoxy groups -OCH3 is 1. The summed E-state index contributed by atoms with van der Waals surface area (Å²) in [5, 5.41) is 15.6. The normalized spacial score (nSPS) is 10.5. The van der Waals surface area contributed by atoms with Gasteiger partial charge in [-0.2, -0.15) is 0 Å². The molecule has 0 saturated heterocycles. The maximum atomic E-state index is 12.4. The fourth-order valence-corrected chi connectivity index (χ4v) is 3.93. The summed E-state index contributed by atoms with van der Waals surface area (Å²) in [6.45, 7) is 0.443. The van der Waals surface area contributed by atoms with Crippen molar-refractivity contribution >= 4 is 29.0 Å². The number of carbonyl (C=O) groups excluding carboxylic acids is 1. The number of rotatable bonds is 9. The molecule has 7 nitrogen and oxygen atoms in total. The molecule has 0 aliphatic carbocycles. The molecule has 0 bridgehead atoms. The highest BCUT2D eigenvalue weighted by Gasteiger charge is 2.16. The number of benzene rings is 3. The van der Waals surface area contributed by atoms with Gasteiger partial charge < -0.3 is 15.4 Å². The number of carbonyl (C=O) groups is 1. The lowest BCUT2D eigenvalue weighted by molar-refractivity contribution is -0.113. The highest BCUT2D eigenvalue weighted by molar-refractivity contribution is 7.99. The van der Waals surface area contributed by atoms with Crippen LogP contribution in [0.2, 0.25) is 0 Å². The number of ether oxygens (including phenoxy) is 1. The Labute approximate surface area is 190 Å². The van der Waals surface area contributed by atoms with Crippen molar-refractivity contribution in [1.29, 1.82) is 0 Å². The number of hydrogen-bond donors (Lipinski definition) is 2. The lowest BCUT2D eigenvalue weighted by Crippen LogP contribution is -2.14. The van der Waals surface area contributed by atoms with Crippen molar-refractivity contribution in [2.24, 2.45) is 0 Å². The molecule has 162 valence electrons. The third-order valence-electron chi connectivity index (χ3n) is 4.65. The standard InChI is InChI=1S/C24H23N5O2S/c1-31-21-15-9-8-14-20(21)25-16-22-27-28-24(29(22)19-12-6-3-7-13-19)32-17-23(30)26-18-10-4-2-5-11-18/h2-15,25H,16-17H2,1H3,(H,26,30). The fourth-order valence-electron chi connectivity index (χ4n) is 3.16. The average Bonchev–Trinajstić information content (AvgIpc) is 3.25. The van der Waals surface area contributed by atoms with Gasteiger partial charge in [0.2, 0.25) is 5.91 Å². The van der Waals surface area contributed by atoms with Crippen LogP contribution in [0.4, 0.5) is 11.4 Å². The van der Waals surface area contributed by atoms with Crippen LogP contribution in [0.1, 0.15) is 5.82 Å². The van der Waals surface area contributed by atoms with E-state index in [2.05, 4.69) is 20.8 Å². The van der Waals surface area contributed by atoms with Crippen molar-refractivity contribution in [2.75, 3.05) is 23.5 Å². The highest BCUT2D eigenvalue weighted by Crippen LogP contribution is 2.26. The van der Waals surface area contributed by atoms with E-state index in [9.17, 15) is 4.79 Å². The molecule has 3 aromatic carbocycles. The SMILES string of the molecule is COc1ccccc1NCc1nnc(SCC(=O)Nc2ccccc2)n1-c1ccccc1. The number of hydrogen-bond acceptors (Lipinski definition) is 6. The van der Waals surface area contributed by atoms with Crippen molar-refractivity contribution in [3.05, 3.63) is 90.8 Å². The Balaban J connectivity index is 1.51. The lowest BCUT2D eigenvalue weighted by atomic mass is 10.3. The second-order valence-corrected chi connectivity index (χ2v) is 7.77. The van der Waals surface area contributed by atoms with Gasteiger partial charge >= 0.3 is 0 Å². The Morgan fingerprint density at radius 2 is 1.62 bits per heavy atom. The maximum Gasteiger partial charge on any atom is 0.234 e. The van der Waals surface area contributed by atoms with E-state index < -0.39 is 0 Å². The Bertz CT molecular complexity index is 1170. The van der Waals surface area contributed by atoms with Gasteiger partial charge in [-0.1, -0.05) is 60.3 Å². The molecule has 0 atom stereocenters. The predicted octanol–water partition coefficient (Wildman–Crippen LogP) is 4.62. The first-order chi connectivity index (χ1) is 15.7. The monoisotopic (exact) mass is 445 g/mol. The highest BCUT2D eigenvalue weighted by atomic mass is 32.2. The summed E-state index contributed by atoms with van der Waals surface area (Å²) in [5.41, 5.74) is 2.57. The van der Waals surface area contributed by atoms with Gasteiger partial charge in [-0.15, -0.1) is 10.2 Å². The number of thioether (sulfide) groups is 1. The molecular formula is C24H23N5O2S. The van der Waals surface area contributed by atoms with Crippen LogP contribution in [0, 0.1) is 0 Å². The third-order valence-corrected chi connectivity index (χ3v) is 5.58. The number of aromatic nitrogens is 3. The molecule has 0 aliphatic rings. The van der Waals surface area contributed by atoms with Gasteiger partial charge in [-0.05, 0) is 36.4 Å². The van der Waals surface area contributed by atoms with Crippen LogP contribution in [0.3, 0.4) is 0 Å². The van der Waals surface area contributed by atoms with Gasteiger partial charge in [0.15, 0.2) is 11.0 Å². The molecule has 1 heterocycles. The minimum Gasteiger partial charge on any atom is -0.495 e. The van der Waals surface area contributed by atoms with E-state index >= 15 is 0 Å². The molecule has 4 aromatic rings. The summed E-state index contributed by atoms with van der Waals surface area (Å²) in [4.78, 5) is 12.4. The van der Waals surface area contributed by atoms with Crippen LogP contribution in [-0.4, -0.2) is 33.5 Å². The molecular weight excluding hydrogens is 422 g/mol. The lowest BCUT2D eigenvalue weighted by Gasteiger charge is -2.13. The van der Waals surface area contributed by atoms with Gasteiger partial charge in [0, 0.05) is 11.4 Å². The summed E-state index contributed by atoms with van der Waals surface area (Å²) >= 11 is 1.34. The van der Waals surface area contributed by atoms with Gasteiger partial charge in [0.05, 0.1) is 25.1 Å². The molecule has 0 saturated carbocycles. The molecule has 0 fully saturated rings. The van der Waals surface area contributed by atoms with Crippen LogP contribution in [0.5, 0.6) is 5.75 Å². The van der Waals surface area contributed by atoms with E-state index in [-0.39, 0.29) is 11.7 Å². The van der Waals surface area contributed by atoms with Crippen LogP contribution in [-0.2, 0) is 11.3 Å². The molecule has 1 amide bonds. The van der Waals surface area contributed by atoms with E-state index in [1.54, 1.807) is 7.11 Å². The number of amides is 1. The number of anilines is 2. The topological polar surface area (TPSA) is 81.1 Å². The zero-order valence-corrected chi connectivity index (χ0v) is 18.4. The summed E-state index contributed by atoms with van der Waals surface area (Å²) in [7, 11) is 1.64. The number of nitrogens with zero attached hydrogens (tertiary/aromatic N) is 3. The van der Waals surface area contributed by atoms with Gasteiger partial charge in [0.1, 0.15) is 5.75 Å². The molecule has 0 unspecified atom stereocenters. The molecule has 4 rings (SSSR count). The Kier molecular flexibility index (Phi) is 7.04. The zero-order chi connectivity index (χ0) is 22.2. The smallest absolute Gasteiger partial charge is 0.234 e. The van der Waals surface area contributed by atoms with Crippen molar-refractivity contribution in [2.45, 2.75) is 11.7 Å². The zero-order valence-electron chi connectivity index (χ0n) is 17.6. The largest absolute Gasteiger partial charge is 0.495 e. The molecule has 32 heavy (non-hydrogen) atoms. The Hall–Kier alpha value is -3.78. The quantitative estimate of drug-likeness (QED) is 0.366. The summed E-state index contributed by atoms with van der Waals surface area (Å²) < 4.78 is 7.37. The average molecular weight is 446 g/mol. The molecule has 8 heteroatoms. The summed E-state index contributed by atoms with van der Waals surface area (Å²) in [6.07, 6.45) is 0. The number of nitrogens with one attached hydrogen (secondary N) is 2. The first-order valence-electron chi connectivity index (χ1n) is 10.1. The molecule has 0 aliphatic heterocycles. The van der Waals surface area contributed by atoms with Gasteiger partial charge in [0.25, 0.3) is 0 Å². The third kappa shape index (κ3) is 5.28.